The van der Waals surface area contributed by atoms with Crippen molar-refractivity contribution in [3.05, 3.63) is 0 Å². The Labute approximate surface area is 82.6 Å². The number of amides is 1. The molecular weight excluding hydrogens is 186 g/mol. The Balaban J connectivity index is 2.32. The number of hydrogen-bond acceptors (Lipinski definition) is 3. The molecule has 0 spiro atoms. The van der Waals surface area contributed by atoms with Gasteiger partial charge >= 0.3 is 5.97 Å². The van der Waals surface area contributed by atoms with Gasteiger partial charge in [0.2, 0.25) is 5.91 Å². The summed E-state index contributed by atoms with van der Waals surface area (Å²) in [5, 5.41) is 8.48. The summed E-state index contributed by atoms with van der Waals surface area (Å²) in [4.78, 5) is 23.1. The number of likely N-dealkylation sites (N-methyl/N-ethyl adjacent to an activating group) is 1. The maximum Gasteiger partial charge on any atom is 0.323 e. The van der Waals surface area contributed by atoms with E-state index in [9.17, 15) is 9.59 Å². The van der Waals surface area contributed by atoms with Crippen molar-refractivity contribution in [1.82, 2.24) is 4.90 Å². The van der Waals surface area contributed by atoms with Crippen LogP contribution in [-0.4, -0.2) is 48.2 Å². The fourth-order valence-electron chi connectivity index (χ4n) is 1.39. The molecule has 0 aromatic rings. The third kappa shape index (κ3) is 2.70. The molecule has 1 rings (SSSR count). The maximum atomic E-state index is 11.5. The highest BCUT2D eigenvalue weighted by Gasteiger charge is 2.45. The average Bonchev–Trinajstić information content (AvgIpc) is 2.82. The van der Waals surface area contributed by atoms with Gasteiger partial charge < -0.3 is 14.7 Å². The van der Waals surface area contributed by atoms with Crippen molar-refractivity contribution in [2.24, 2.45) is 5.92 Å². The summed E-state index contributed by atoms with van der Waals surface area (Å²) in [6.45, 7) is 2.23. The Morgan fingerprint density at radius 1 is 1.57 bits per heavy atom. The molecule has 2 unspecified atom stereocenters. The molecule has 0 aromatic heterocycles. The topological polar surface area (TPSA) is 66.8 Å². The van der Waals surface area contributed by atoms with E-state index in [-0.39, 0.29) is 24.5 Å². The highest BCUT2D eigenvalue weighted by Crippen LogP contribution is 2.34. The molecule has 1 N–H and O–H groups in total. The first-order valence-corrected chi connectivity index (χ1v) is 4.64. The molecule has 14 heavy (non-hydrogen) atoms. The van der Waals surface area contributed by atoms with Gasteiger partial charge in [0.05, 0.1) is 12.0 Å². The Kier molecular flexibility index (Phi) is 3.46. The predicted octanol–water partition coefficient (Wildman–Crippen LogP) is -0.0456. The van der Waals surface area contributed by atoms with Crippen LogP contribution in [0.4, 0.5) is 0 Å². The second-order valence-corrected chi connectivity index (χ2v) is 3.42. The first-order chi connectivity index (χ1) is 6.56. The van der Waals surface area contributed by atoms with Gasteiger partial charge in [0.1, 0.15) is 6.54 Å². The van der Waals surface area contributed by atoms with Crippen LogP contribution in [0.5, 0.6) is 0 Å². The lowest BCUT2D eigenvalue weighted by Crippen LogP contribution is -2.33. The summed E-state index contributed by atoms with van der Waals surface area (Å²) in [5.74, 6) is -1.25. The van der Waals surface area contributed by atoms with E-state index in [1.807, 2.05) is 6.92 Å². The van der Waals surface area contributed by atoms with Crippen molar-refractivity contribution >= 4 is 11.9 Å². The number of carboxylic acids is 1. The molecule has 1 saturated carbocycles. The third-order valence-electron chi connectivity index (χ3n) is 2.18. The lowest BCUT2D eigenvalue weighted by atomic mass is 10.3. The monoisotopic (exact) mass is 201 g/mol. The largest absolute Gasteiger partial charge is 0.480 e. The molecule has 0 heterocycles. The van der Waals surface area contributed by atoms with Crippen LogP contribution in [-0.2, 0) is 14.3 Å². The van der Waals surface area contributed by atoms with Crippen LogP contribution in [0.25, 0.3) is 0 Å². The van der Waals surface area contributed by atoms with Crippen LogP contribution in [0.1, 0.15) is 13.3 Å². The summed E-state index contributed by atoms with van der Waals surface area (Å²) in [7, 11) is 1.50. The minimum atomic E-state index is -0.991. The number of carbonyl (C=O) groups excluding carboxylic acids is 1. The summed E-state index contributed by atoms with van der Waals surface area (Å²) >= 11 is 0. The molecule has 2 atom stereocenters. The van der Waals surface area contributed by atoms with E-state index in [0.29, 0.717) is 6.61 Å². The smallest absolute Gasteiger partial charge is 0.323 e. The summed E-state index contributed by atoms with van der Waals surface area (Å²) in [6, 6.07) is 0. The number of rotatable bonds is 5. The van der Waals surface area contributed by atoms with Crippen molar-refractivity contribution in [1.29, 1.82) is 0 Å². The number of carboxylic acid groups (broad SMARTS) is 1. The Bertz CT molecular complexity index is 241. The van der Waals surface area contributed by atoms with Crippen molar-refractivity contribution in [2.75, 3.05) is 20.2 Å². The van der Waals surface area contributed by atoms with E-state index >= 15 is 0 Å². The minimum Gasteiger partial charge on any atom is -0.480 e. The van der Waals surface area contributed by atoms with E-state index in [0.717, 1.165) is 6.42 Å². The first kappa shape index (κ1) is 11.0. The molecule has 1 amide bonds. The number of hydrogen-bond donors (Lipinski definition) is 1. The van der Waals surface area contributed by atoms with E-state index in [1.165, 1.54) is 11.9 Å². The zero-order valence-electron chi connectivity index (χ0n) is 8.40. The Morgan fingerprint density at radius 2 is 2.21 bits per heavy atom. The summed E-state index contributed by atoms with van der Waals surface area (Å²) in [5.41, 5.74) is 0. The maximum absolute atomic E-state index is 11.5. The summed E-state index contributed by atoms with van der Waals surface area (Å²) < 4.78 is 5.25. The number of ether oxygens (including phenoxy) is 1. The fraction of sp³-hybridized carbons (Fsp3) is 0.778. The Hall–Kier alpha value is -1.10. The molecule has 1 fully saturated rings. The molecule has 0 radical (unpaired) electrons. The van der Waals surface area contributed by atoms with Crippen LogP contribution in [0.15, 0.2) is 0 Å². The Morgan fingerprint density at radius 3 is 2.71 bits per heavy atom. The van der Waals surface area contributed by atoms with Gasteiger partial charge in [0.25, 0.3) is 0 Å². The highest BCUT2D eigenvalue weighted by molar-refractivity contribution is 5.85. The highest BCUT2D eigenvalue weighted by atomic mass is 16.5. The lowest BCUT2D eigenvalue weighted by Gasteiger charge is -2.13. The fourth-order valence-corrected chi connectivity index (χ4v) is 1.39. The van der Waals surface area contributed by atoms with E-state index < -0.39 is 5.97 Å². The van der Waals surface area contributed by atoms with Gasteiger partial charge in [-0.25, -0.2) is 0 Å². The summed E-state index contributed by atoms with van der Waals surface area (Å²) in [6.07, 6.45) is 0.722. The zero-order valence-corrected chi connectivity index (χ0v) is 8.40. The number of nitrogens with zero attached hydrogens (tertiary/aromatic N) is 1. The third-order valence-corrected chi connectivity index (χ3v) is 2.18. The second kappa shape index (κ2) is 4.41. The van der Waals surface area contributed by atoms with Crippen molar-refractivity contribution < 1.29 is 19.4 Å². The van der Waals surface area contributed by atoms with Gasteiger partial charge in [-0.2, -0.15) is 0 Å². The molecule has 0 aromatic carbocycles. The number of aliphatic carboxylic acids is 1. The molecule has 1 aliphatic carbocycles. The number of carbonyl (C=O) groups is 2. The molecule has 0 bridgehead atoms. The average molecular weight is 201 g/mol. The standard InChI is InChI=1S/C9H15NO4/c1-3-14-7-4-6(7)9(13)10(2)5-8(11)12/h6-7H,3-5H2,1-2H3,(H,11,12). The van der Waals surface area contributed by atoms with Crippen molar-refractivity contribution in [3.63, 3.8) is 0 Å². The van der Waals surface area contributed by atoms with Gasteiger partial charge in [-0.05, 0) is 13.3 Å². The minimum absolute atomic E-state index is 0.00347. The predicted molar refractivity (Wildman–Crippen MR) is 48.8 cm³/mol. The molecule has 0 saturated heterocycles. The quantitative estimate of drug-likeness (QED) is 0.677. The second-order valence-electron chi connectivity index (χ2n) is 3.42. The molecule has 5 nitrogen and oxygen atoms in total. The molecule has 0 aliphatic heterocycles. The SMILES string of the molecule is CCOC1CC1C(=O)N(C)CC(=O)O. The van der Waals surface area contributed by atoms with Gasteiger partial charge in [0, 0.05) is 13.7 Å². The van der Waals surface area contributed by atoms with E-state index in [2.05, 4.69) is 0 Å². The van der Waals surface area contributed by atoms with E-state index in [4.69, 9.17) is 9.84 Å². The van der Waals surface area contributed by atoms with Crippen molar-refractivity contribution in [2.45, 2.75) is 19.4 Å². The van der Waals surface area contributed by atoms with Gasteiger partial charge in [-0.15, -0.1) is 0 Å². The van der Waals surface area contributed by atoms with E-state index in [1.54, 1.807) is 0 Å². The first-order valence-electron chi connectivity index (χ1n) is 4.64. The van der Waals surface area contributed by atoms with Crippen molar-refractivity contribution in [3.8, 4) is 0 Å². The van der Waals surface area contributed by atoms with Gasteiger partial charge in [0.15, 0.2) is 0 Å². The van der Waals surface area contributed by atoms with Crippen LogP contribution < -0.4 is 0 Å². The van der Waals surface area contributed by atoms with Gasteiger partial charge in [-0.3, -0.25) is 9.59 Å². The van der Waals surface area contributed by atoms with Gasteiger partial charge in [-0.1, -0.05) is 0 Å². The molecule has 80 valence electrons. The van der Waals surface area contributed by atoms with Crippen LogP contribution in [0.2, 0.25) is 0 Å². The van der Waals surface area contributed by atoms with Crippen LogP contribution in [0.3, 0.4) is 0 Å². The molecule has 1 aliphatic rings. The lowest BCUT2D eigenvalue weighted by molar-refractivity contribution is -0.144. The van der Waals surface area contributed by atoms with Crippen LogP contribution in [0, 0.1) is 5.92 Å². The molecule has 5 heteroatoms. The molecular formula is C9H15NO4. The zero-order chi connectivity index (χ0) is 10.7. The van der Waals surface area contributed by atoms with Crippen LogP contribution >= 0.6 is 0 Å². The normalized spacial score (nSPS) is 24.4.